The van der Waals surface area contributed by atoms with E-state index < -0.39 is 0 Å². The zero-order valence-corrected chi connectivity index (χ0v) is 21.2. The van der Waals surface area contributed by atoms with Crippen LogP contribution in [-0.4, -0.2) is 32.3 Å². The van der Waals surface area contributed by atoms with Gasteiger partial charge in [0.2, 0.25) is 0 Å². The smallest absolute Gasteiger partial charge is 0.191 e. The monoisotopic (exact) mass is 537 g/mol. The van der Waals surface area contributed by atoms with Crippen molar-refractivity contribution in [2.75, 3.05) is 20.3 Å². The Morgan fingerprint density at radius 1 is 1.10 bits per heavy atom. The summed E-state index contributed by atoms with van der Waals surface area (Å²) < 4.78 is 11.4. The molecule has 0 bridgehead atoms. The van der Waals surface area contributed by atoms with Crippen molar-refractivity contribution in [3.8, 4) is 0 Å². The van der Waals surface area contributed by atoms with Crippen LogP contribution in [-0.2, 0) is 29.0 Å². The summed E-state index contributed by atoms with van der Waals surface area (Å²) in [5.74, 6) is 0.797. The summed E-state index contributed by atoms with van der Waals surface area (Å²) in [6.07, 6.45) is 3.35. The largest absolute Gasteiger partial charge is 0.381 e. The highest BCUT2D eigenvalue weighted by Gasteiger charge is 2.14. The molecule has 170 valence electrons. The molecule has 1 aliphatic rings. The molecular weight excluding hydrogens is 501 g/mol. The molecule has 3 rings (SSSR count). The van der Waals surface area contributed by atoms with E-state index >= 15 is 0 Å². The van der Waals surface area contributed by atoms with Gasteiger partial charge in [-0.3, -0.25) is 4.99 Å². The van der Waals surface area contributed by atoms with E-state index in [2.05, 4.69) is 78.0 Å². The minimum Gasteiger partial charge on any atom is -0.381 e. The van der Waals surface area contributed by atoms with Crippen LogP contribution in [0.1, 0.15) is 55.0 Å². The SMILES string of the molecule is CCc1ccc(C(C)NC(=NC)NCc2cccc(COC3CCOCC3)c2)cc1.I. The molecule has 0 aliphatic carbocycles. The van der Waals surface area contributed by atoms with Crippen LogP contribution in [0.3, 0.4) is 0 Å². The van der Waals surface area contributed by atoms with Crippen molar-refractivity contribution in [2.24, 2.45) is 4.99 Å². The number of aliphatic imine (C=N–C) groups is 1. The van der Waals surface area contributed by atoms with Crippen LogP contribution in [0.2, 0.25) is 0 Å². The molecule has 2 aromatic carbocycles. The van der Waals surface area contributed by atoms with Crippen molar-refractivity contribution in [2.45, 2.75) is 58.4 Å². The van der Waals surface area contributed by atoms with Gasteiger partial charge in [0, 0.05) is 26.8 Å². The second kappa shape index (κ2) is 13.7. The number of hydrogen-bond acceptors (Lipinski definition) is 3. The first-order chi connectivity index (χ1) is 14.7. The normalized spacial score (nSPS) is 15.8. The van der Waals surface area contributed by atoms with E-state index in [1.165, 1.54) is 22.3 Å². The summed E-state index contributed by atoms with van der Waals surface area (Å²) in [6.45, 7) is 7.31. The predicted octanol–water partition coefficient (Wildman–Crippen LogP) is 4.99. The van der Waals surface area contributed by atoms with E-state index in [0.717, 1.165) is 38.4 Å². The van der Waals surface area contributed by atoms with E-state index in [1.54, 1.807) is 7.05 Å². The number of nitrogens with zero attached hydrogens (tertiary/aromatic N) is 1. The van der Waals surface area contributed by atoms with Crippen LogP contribution in [0.15, 0.2) is 53.5 Å². The number of nitrogens with one attached hydrogen (secondary N) is 2. The molecule has 1 heterocycles. The Bertz CT molecular complexity index is 805. The van der Waals surface area contributed by atoms with Gasteiger partial charge >= 0.3 is 0 Å². The number of aryl methyl sites for hydroxylation is 1. The van der Waals surface area contributed by atoms with Crippen LogP contribution in [0.5, 0.6) is 0 Å². The van der Waals surface area contributed by atoms with E-state index in [-0.39, 0.29) is 30.0 Å². The van der Waals surface area contributed by atoms with Gasteiger partial charge in [-0.1, -0.05) is 55.5 Å². The average molecular weight is 537 g/mol. The molecule has 1 atom stereocenters. The molecule has 0 saturated carbocycles. The molecule has 6 heteroatoms. The van der Waals surface area contributed by atoms with Crippen molar-refractivity contribution < 1.29 is 9.47 Å². The second-order valence-electron chi connectivity index (χ2n) is 7.83. The molecule has 1 aliphatic heterocycles. The zero-order valence-electron chi connectivity index (χ0n) is 18.9. The van der Waals surface area contributed by atoms with E-state index in [0.29, 0.717) is 19.3 Å². The Kier molecular flexibility index (Phi) is 11.3. The maximum atomic E-state index is 6.05. The van der Waals surface area contributed by atoms with Crippen molar-refractivity contribution in [1.29, 1.82) is 0 Å². The molecule has 0 aromatic heterocycles. The predicted molar refractivity (Wildman–Crippen MR) is 138 cm³/mol. The maximum Gasteiger partial charge on any atom is 0.191 e. The molecule has 2 aromatic rings. The molecule has 0 spiro atoms. The van der Waals surface area contributed by atoms with Crippen molar-refractivity contribution in [3.63, 3.8) is 0 Å². The van der Waals surface area contributed by atoms with Crippen LogP contribution in [0.25, 0.3) is 0 Å². The summed E-state index contributed by atoms with van der Waals surface area (Å²) in [7, 11) is 1.81. The van der Waals surface area contributed by atoms with Gasteiger partial charge in [0.1, 0.15) is 0 Å². The van der Waals surface area contributed by atoms with Crippen LogP contribution < -0.4 is 10.6 Å². The molecule has 2 N–H and O–H groups in total. The summed E-state index contributed by atoms with van der Waals surface area (Å²) >= 11 is 0. The van der Waals surface area contributed by atoms with Crippen molar-refractivity contribution >= 4 is 29.9 Å². The van der Waals surface area contributed by atoms with Gasteiger partial charge in [0.15, 0.2) is 5.96 Å². The Hall–Kier alpha value is -1.64. The highest BCUT2D eigenvalue weighted by molar-refractivity contribution is 14.0. The molecule has 1 unspecified atom stereocenters. The molecular formula is C25H36IN3O2. The lowest BCUT2D eigenvalue weighted by molar-refractivity contribution is -0.0390. The Morgan fingerprint density at radius 3 is 2.48 bits per heavy atom. The number of ether oxygens (including phenoxy) is 2. The highest BCUT2D eigenvalue weighted by atomic mass is 127. The first kappa shape index (κ1) is 25.6. The lowest BCUT2D eigenvalue weighted by Gasteiger charge is -2.22. The third kappa shape index (κ3) is 8.43. The molecule has 31 heavy (non-hydrogen) atoms. The number of hydrogen-bond donors (Lipinski definition) is 2. The number of guanidine groups is 1. The fourth-order valence-electron chi connectivity index (χ4n) is 3.60. The third-order valence-electron chi connectivity index (χ3n) is 5.57. The van der Waals surface area contributed by atoms with Crippen LogP contribution in [0, 0.1) is 0 Å². The minimum absolute atomic E-state index is 0. The molecule has 0 radical (unpaired) electrons. The number of benzene rings is 2. The third-order valence-corrected chi connectivity index (χ3v) is 5.57. The van der Waals surface area contributed by atoms with Gasteiger partial charge in [0.25, 0.3) is 0 Å². The first-order valence-electron chi connectivity index (χ1n) is 11.0. The lowest BCUT2D eigenvalue weighted by atomic mass is 10.1. The average Bonchev–Trinajstić information content (AvgIpc) is 2.81. The standard InChI is InChI=1S/C25H35N3O2.HI/c1-4-20-8-10-23(11-9-20)19(2)28-25(26-3)27-17-21-6-5-7-22(16-21)18-30-24-12-14-29-15-13-24;/h5-11,16,19,24H,4,12-15,17-18H2,1-3H3,(H2,26,27,28);1H. The van der Waals surface area contributed by atoms with Crippen molar-refractivity contribution in [1.82, 2.24) is 10.6 Å². The fraction of sp³-hybridized carbons (Fsp3) is 0.480. The Morgan fingerprint density at radius 2 is 1.81 bits per heavy atom. The minimum atomic E-state index is 0. The lowest BCUT2D eigenvalue weighted by Crippen LogP contribution is -2.38. The van der Waals surface area contributed by atoms with E-state index in [1.807, 2.05) is 0 Å². The summed E-state index contributed by atoms with van der Waals surface area (Å²) in [5.41, 5.74) is 5.02. The highest BCUT2D eigenvalue weighted by Crippen LogP contribution is 2.15. The van der Waals surface area contributed by atoms with Gasteiger partial charge in [-0.15, -0.1) is 24.0 Å². The topological polar surface area (TPSA) is 54.9 Å². The number of rotatable bonds is 8. The van der Waals surface area contributed by atoms with Crippen molar-refractivity contribution in [3.05, 3.63) is 70.8 Å². The molecule has 1 fully saturated rings. The summed E-state index contributed by atoms with van der Waals surface area (Å²) in [5, 5.41) is 6.90. The first-order valence-corrected chi connectivity index (χ1v) is 11.0. The fourth-order valence-corrected chi connectivity index (χ4v) is 3.60. The van der Waals surface area contributed by atoms with Gasteiger partial charge in [-0.2, -0.15) is 0 Å². The number of halogens is 1. The van der Waals surface area contributed by atoms with E-state index in [4.69, 9.17) is 9.47 Å². The Labute approximate surface area is 204 Å². The maximum absolute atomic E-state index is 6.05. The van der Waals surface area contributed by atoms with Gasteiger partial charge < -0.3 is 20.1 Å². The van der Waals surface area contributed by atoms with Crippen LogP contribution in [0.4, 0.5) is 0 Å². The Balaban J connectivity index is 0.00000341. The second-order valence-corrected chi connectivity index (χ2v) is 7.83. The van der Waals surface area contributed by atoms with Gasteiger partial charge in [-0.25, -0.2) is 0 Å². The molecule has 0 amide bonds. The summed E-state index contributed by atoms with van der Waals surface area (Å²) in [4.78, 5) is 4.38. The zero-order chi connectivity index (χ0) is 21.2. The van der Waals surface area contributed by atoms with Gasteiger partial charge in [0.05, 0.1) is 18.8 Å². The summed E-state index contributed by atoms with van der Waals surface area (Å²) in [6, 6.07) is 17.5. The van der Waals surface area contributed by atoms with Gasteiger partial charge in [-0.05, 0) is 48.4 Å². The molecule has 1 saturated heterocycles. The quantitative estimate of drug-likeness (QED) is 0.283. The molecule has 5 nitrogen and oxygen atoms in total. The van der Waals surface area contributed by atoms with E-state index in [9.17, 15) is 0 Å². The van der Waals surface area contributed by atoms with Crippen LogP contribution >= 0.6 is 24.0 Å².